The van der Waals surface area contributed by atoms with Crippen LogP contribution in [-0.2, 0) is 9.47 Å². The molecule has 0 aromatic rings. The van der Waals surface area contributed by atoms with Crippen molar-refractivity contribution in [2.75, 3.05) is 0 Å². The van der Waals surface area contributed by atoms with E-state index < -0.39 is 84.9 Å². The predicted octanol–water partition coefficient (Wildman–Crippen LogP) is 9.06. The predicted molar refractivity (Wildman–Crippen MR) is 73.3 cm³/mol. The number of hydrogen-bond donors (Lipinski definition) is 0. The molecule has 29 heteroatoms. The van der Waals surface area contributed by atoms with Crippen LogP contribution in [0.15, 0.2) is 0 Å². The van der Waals surface area contributed by atoms with E-state index in [-0.39, 0.29) is 0 Å². The Morgan fingerprint density at radius 1 is 0.256 bits per heavy atom. The fourth-order valence-electron chi connectivity index (χ4n) is 1.98. The molecule has 0 spiro atoms. The van der Waals surface area contributed by atoms with Crippen molar-refractivity contribution in [1.82, 2.24) is 0 Å². The summed E-state index contributed by atoms with van der Waals surface area (Å²) in [6.45, 7) is -1.42. The molecule has 260 valence electrons. The fraction of sp³-hybridized carbons (Fsp3) is 1.00. The summed E-state index contributed by atoms with van der Waals surface area (Å²) in [7, 11) is 0. The molecule has 0 heterocycles. The summed E-state index contributed by atoms with van der Waals surface area (Å²) in [5.74, 6) is -66.8. The van der Waals surface area contributed by atoms with E-state index in [1.165, 1.54) is 0 Å². The minimum Gasteiger partial charge on any atom is -0.243 e. The molecule has 0 saturated carbocycles. The van der Waals surface area contributed by atoms with Crippen molar-refractivity contribution >= 4 is 0 Å². The van der Waals surface area contributed by atoms with Crippen molar-refractivity contribution in [3.05, 3.63) is 0 Å². The summed E-state index contributed by atoms with van der Waals surface area (Å²) in [6.07, 6.45) is -42.3. The van der Waals surface area contributed by atoms with Crippen LogP contribution in [0.25, 0.3) is 0 Å². The van der Waals surface area contributed by atoms with Gasteiger partial charge < -0.3 is 0 Å². The maximum Gasteiger partial charge on any atom is 0.460 e. The molecule has 0 unspecified atom stereocenters. The van der Waals surface area contributed by atoms with Gasteiger partial charge in [0, 0.05) is 6.92 Å². The standard InChI is InChI=1S/C14H3F27O2/c1-2(15,16)3(17,18)4(19,20)8(27,28)11(34,35)42-13(38,39)14(40,41)43-12(36,37)9(29,30)6(23,24)5(21,22)7(25,26)10(31,32)33/h1H3. The normalized spacial score (nSPS) is 17.0. The van der Waals surface area contributed by atoms with Crippen molar-refractivity contribution in [3.8, 4) is 0 Å². The number of rotatable bonds is 13. The van der Waals surface area contributed by atoms with Crippen LogP contribution in [0.3, 0.4) is 0 Å². The van der Waals surface area contributed by atoms with Crippen LogP contribution in [-0.4, -0.2) is 78.0 Å². The molecule has 0 aliphatic rings. The summed E-state index contributed by atoms with van der Waals surface area (Å²) in [6, 6.07) is 0. The van der Waals surface area contributed by atoms with Crippen LogP contribution in [0, 0.1) is 0 Å². The minimum atomic E-state index is -9.05. The second-order valence-corrected chi connectivity index (χ2v) is 7.68. The highest BCUT2D eigenvalue weighted by Gasteiger charge is 2.93. The van der Waals surface area contributed by atoms with E-state index >= 15 is 0 Å². The van der Waals surface area contributed by atoms with E-state index in [2.05, 4.69) is 0 Å². The summed E-state index contributed by atoms with van der Waals surface area (Å²) in [4.78, 5) is 0. The zero-order valence-electron chi connectivity index (χ0n) is 18.5. The number of ether oxygens (including phenoxy) is 2. The van der Waals surface area contributed by atoms with Gasteiger partial charge in [-0.1, -0.05) is 0 Å². The highest BCUT2D eigenvalue weighted by molar-refractivity contribution is 5.09. The Bertz CT molecular complexity index is 998. The molecule has 0 atom stereocenters. The molecule has 0 saturated heterocycles. The third kappa shape index (κ3) is 5.79. The van der Waals surface area contributed by atoms with Crippen LogP contribution < -0.4 is 0 Å². The summed E-state index contributed by atoms with van der Waals surface area (Å²) in [5.41, 5.74) is 0. The SMILES string of the molecule is CC(F)(F)C(F)(F)C(F)(F)C(F)(F)C(F)(F)OC(F)(F)C(F)(F)OC(F)(F)C(F)(F)C(F)(F)C(F)(F)C(F)(F)C(F)(F)F. The Morgan fingerprint density at radius 2 is 0.465 bits per heavy atom. The Kier molecular flexibility index (Phi) is 9.56. The molecule has 0 amide bonds. The number of hydrogen-bond acceptors (Lipinski definition) is 2. The van der Waals surface area contributed by atoms with Gasteiger partial charge in [-0.2, -0.15) is 119 Å². The summed E-state index contributed by atoms with van der Waals surface area (Å²) in [5, 5.41) is 0. The third-order valence-electron chi connectivity index (χ3n) is 4.46. The first-order valence-electron chi connectivity index (χ1n) is 8.92. The highest BCUT2D eigenvalue weighted by Crippen LogP contribution is 2.62. The van der Waals surface area contributed by atoms with Gasteiger partial charge in [-0.25, -0.2) is 9.47 Å². The van der Waals surface area contributed by atoms with Gasteiger partial charge in [0.2, 0.25) is 0 Å². The lowest BCUT2D eigenvalue weighted by atomic mass is 9.97. The van der Waals surface area contributed by atoms with Gasteiger partial charge in [-0.15, -0.1) is 0 Å². The van der Waals surface area contributed by atoms with Gasteiger partial charge in [0.1, 0.15) is 0 Å². The van der Waals surface area contributed by atoms with Crippen LogP contribution >= 0.6 is 0 Å². The summed E-state index contributed by atoms with van der Waals surface area (Å²) >= 11 is 0. The van der Waals surface area contributed by atoms with E-state index in [1.54, 1.807) is 0 Å². The lowest BCUT2D eigenvalue weighted by Gasteiger charge is -2.41. The van der Waals surface area contributed by atoms with Crippen LogP contribution in [0.1, 0.15) is 6.92 Å². The molecule has 0 fully saturated rings. The molecule has 0 aliphatic carbocycles. The first-order chi connectivity index (χ1) is 17.9. The van der Waals surface area contributed by atoms with Crippen molar-refractivity contribution < 1.29 is 128 Å². The third-order valence-corrected chi connectivity index (χ3v) is 4.46. The Morgan fingerprint density at radius 3 is 0.674 bits per heavy atom. The molecule has 2 nitrogen and oxygen atoms in total. The fourth-order valence-corrected chi connectivity index (χ4v) is 1.98. The van der Waals surface area contributed by atoms with Crippen LogP contribution in [0.5, 0.6) is 0 Å². The molecule has 43 heavy (non-hydrogen) atoms. The monoisotopic (exact) mass is 716 g/mol. The van der Waals surface area contributed by atoms with Crippen molar-refractivity contribution in [1.29, 1.82) is 0 Å². The number of alkyl halides is 27. The smallest absolute Gasteiger partial charge is 0.243 e. The quantitative estimate of drug-likeness (QED) is 0.177. The van der Waals surface area contributed by atoms with Gasteiger partial charge in [0.05, 0.1) is 0 Å². The van der Waals surface area contributed by atoms with E-state index in [1.807, 2.05) is 0 Å². The molecule has 0 radical (unpaired) electrons. The molecular weight excluding hydrogens is 713 g/mol. The molecular formula is C14H3F27O2. The maximum atomic E-state index is 13.3. The van der Waals surface area contributed by atoms with E-state index in [9.17, 15) is 119 Å². The molecule has 0 aliphatic heterocycles. The Labute approximate surface area is 214 Å². The Balaban J connectivity index is 6.74. The molecule has 0 N–H and O–H groups in total. The maximum absolute atomic E-state index is 13.3. The van der Waals surface area contributed by atoms with E-state index in [4.69, 9.17) is 0 Å². The topological polar surface area (TPSA) is 18.5 Å². The van der Waals surface area contributed by atoms with Crippen LogP contribution in [0.4, 0.5) is 119 Å². The largest absolute Gasteiger partial charge is 0.460 e. The highest BCUT2D eigenvalue weighted by atomic mass is 19.4. The summed E-state index contributed by atoms with van der Waals surface area (Å²) < 4.78 is 352. The first kappa shape index (κ1) is 41.0. The van der Waals surface area contributed by atoms with Gasteiger partial charge in [-0.05, 0) is 0 Å². The number of halogens is 27. The van der Waals surface area contributed by atoms with Crippen LogP contribution in [0.2, 0.25) is 0 Å². The molecule has 0 rings (SSSR count). The molecule has 0 aromatic carbocycles. The zero-order chi connectivity index (χ0) is 35.9. The van der Waals surface area contributed by atoms with Crippen molar-refractivity contribution in [3.63, 3.8) is 0 Å². The lowest BCUT2D eigenvalue weighted by molar-refractivity contribution is -0.559. The first-order valence-corrected chi connectivity index (χ1v) is 8.92. The second-order valence-electron chi connectivity index (χ2n) is 7.68. The van der Waals surface area contributed by atoms with Gasteiger partial charge in [0.25, 0.3) is 0 Å². The van der Waals surface area contributed by atoms with Crippen molar-refractivity contribution in [2.24, 2.45) is 0 Å². The van der Waals surface area contributed by atoms with Gasteiger partial charge >= 0.3 is 78.0 Å². The van der Waals surface area contributed by atoms with Gasteiger partial charge in [0.15, 0.2) is 0 Å². The zero-order valence-corrected chi connectivity index (χ0v) is 18.5. The Hall–Kier alpha value is -1.97. The molecule has 0 bridgehead atoms. The van der Waals surface area contributed by atoms with E-state index in [0.29, 0.717) is 0 Å². The average Bonchev–Trinajstić information content (AvgIpc) is 2.69. The van der Waals surface area contributed by atoms with Crippen molar-refractivity contribution in [2.45, 2.75) is 84.9 Å². The van der Waals surface area contributed by atoms with E-state index in [0.717, 1.165) is 9.47 Å². The second kappa shape index (κ2) is 10.0. The average molecular weight is 716 g/mol. The lowest BCUT2D eigenvalue weighted by Crippen LogP contribution is -2.71. The molecule has 0 aromatic heterocycles. The minimum absolute atomic E-state index is 0.835. The van der Waals surface area contributed by atoms with Gasteiger partial charge in [-0.3, -0.25) is 0 Å².